The first-order valence-electron chi connectivity index (χ1n) is 5.33. The summed E-state index contributed by atoms with van der Waals surface area (Å²) in [6.07, 6.45) is 1.97. The number of urea groups is 1. The van der Waals surface area contributed by atoms with E-state index in [9.17, 15) is 14.4 Å². The maximum atomic E-state index is 11.7. The van der Waals surface area contributed by atoms with Crippen molar-refractivity contribution in [1.29, 1.82) is 0 Å². The molecule has 2 fully saturated rings. The third kappa shape index (κ3) is 2.00. The van der Waals surface area contributed by atoms with Crippen LogP contribution in [-0.2, 0) is 9.59 Å². The van der Waals surface area contributed by atoms with Gasteiger partial charge < -0.3 is 10.6 Å². The number of carbonyl (C=O) groups excluding carboxylic acids is 3. The first kappa shape index (κ1) is 10.9. The van der Waals surface area contributed by atoms with Gasteiger partial charge in [-0.25, -0.2) is 4.79 Å². The standard InChI is InChI=1S/C10H15N3O3/c1-10(2)8(15)13(9(16)12-10)5-7(14)11-6-3-4-6/h6H,3-5H2,1-2H3,(H,11,14)(H,12,16). The van der Waals surface area contributed by atoms with Crippen LogP contribution in [0.5, 0.6) is 0 Å². The van der Waals surface area contributed by atoms with Gasteiger partial charge in [-0.1, -0.05) is 0 Å². The normalized spacial score (nSPS) is 23.2. The fourth-order valence-electron chi connectivity index (χ4n) is 1.61. The maximum absolute atomic E-state index is 11.7. The van der Waals surface area contributed by atoms with Gasteiger partial charge in [0.15, 0.2) is 0 Å². The second-order valence-corrected chi connectivity index (χ2v) is 4.79. The number of carbonyl (C=O) groups is 3. The monoisotopic (exact) mass is 225 g/mol. The van der Waals surface area contributed by atoms with E-state index >= 15 is 0 Å². The van der Waals surface area contributed by atoms with Crippen LogP contribution in [0.3, 0.4) is 0 Å². The molecule has 4 amide bonds. The van der Waals surface area contributed by atoms with E-state index in [1.54, 1.807) is 13.8 Å². The molecule has 0 aromatic rings. The van der Waals surface area contributed by atoms with Crippen LogP contribution in [0.4, 0.5) is 4.79 Å². The van der Waals surface area contributed by atoms with Crippen LogP contribution in [0, 0.1) is 0 Å². The number of hydrogen-bond donors (Lipinski definition) is 2. The lowest BCUT2D eigenvalue weighted by atomic mass is 10.1. The van der Waals surface area contributed by atoms with Crippen molar-refractivity contribution in [2.24, 2.45) is 0 Å². The summed E-state index contributed by atoms with van der Waals surface area (Å²) < 4.78 is 0. The summed E-state index contributed by atoms with van der Waals surface area (Å²) in [5.41, 5.74) is -0.906. The van der Waals surface area contributed by atoms with Gasteiger partial charge in [0.1, 0.15) is 12.1 Å². The molecule has 1 saturated heterocycles. The highest BCUT2D eigenvalue weighted by Gasteiger charge is 2.45. The van der Waals surface area contributed by atoms with Crippen LogP contribution in [0.25, 0.3) is 0 Å². The molecule has 1 heterocycles. The van der Waals surface area contributed by atoms with E-state index in [-0.39, 0.29) is 24.4 Å². The SMILES string of the molecule is CC1(C)NC(=O)N(CC(=O)NC2CC2)C1=O. The van der Waals surface area contributed by atoms with Gasteiger partial charge in [0.05, 0.1) is 0 Å². The van der Waals surface area contributed by atoms with Crippen LogP contribution < -0.4 is 10.6 Å². The molecule has 2 rings (SSSR count). The van der Waals surface area contributed by atoms with Crippen molar-refractivity contribution in [2.45, 2.75) is 38.3 Å². The number of rotatable bonds is 3. The van der Waals surface area contributed by atoms with Crippen LogP contribution in [-0.4, -0.2) is 40.9 Å². The molecule has 2 N–H and O–H groups in total. The lowest BCUT2D eigenvalue weighted by molar-refractivity contribution is -0.134. The van der Waals surface area contributed by atoms with Gasteiger partial charge in [0, 0.05) is 6.04 Å². The topological polar surface area (TPSA) is 78.5 Å². The minimum Gasteiger partial charge on any atom is -0.352 e. The molecule has 1 aliphatic heterocycles. The van der Waals surface area contributed by atoms with Gasteiger partial charge in [-0.2, -0.15) is 0 Å². The first-order chi connectivity index (χ1) is 7.40. The molecule has 1 aliphatic carbocycles. The molecule has 0 radical (unpaired) electrons. The molecule has 0 unspecified atom stereocenters. The van der Waals surface area contributed by atoms with Crippen LogP contribution in [0.15, 0.2) is 0 Å². The van der Waals surface area contributed by atoms with E-state index in [2.05, 4.69) is 10.6 Å². The molecular formula is C10H15N3O3. The minimum absolute atomic E-state index is 0.190. The number of nitrogens with zero attached hydrogens (tertiary/aromatic N) is 1. The molecule has 0 aromatic carbocycles. The smallest absolute Gasteiger partial charge is 0.325 e. The van der Waals surface area contributed by atoms with Crippen LogP contribution in [0.2, 0.25) is 0 Å². The molecule has 6 nitrogen and oxygen atoms in total. The zero-order chi connectivity index (χ0) is 11.9. The van der Waals surface area contributed by atoms with Gasteiger partial charge in [-0.05, 0) is 26.7 Å². The lowest BCUT2D eigenvalue weighted by Crippen LogP contribution is -2.43. The Balaban J connectivity index is 1.96. The third-order valence-electron chi connectivity index (χ3n) is 2.69. The minimum atomic E-state index is -0.906. The molecule has 0 spiro atoms. The molecule has 0 atom stereocenters. The molecule has 2 aliphatic rings. The van der Waals surface area contributed by atoms with Gasteiger partial charge in [0.25, 0.3) is 5.91 Å². The fraction of sp³-hybridized carbons (Fsp3) is 0.700. The Morgan fingerprint density at radius 2 is 2.12 bits per heavy atom. The fourth-order valence-corrected chi connectivity index (χ4v) is 1.61. The molecule has 0 aromatic heterocycles. The number of nitrogens with one attached hydrogen (secondary N) is 2. The average molecular weight is 225 g/mol. The highest BCUT2D eigenvalue weighted by atomic mass is 16.2. The molecule has 1 saturated carbocycles. The summed E-state index contributed by atoms with van der Waals surface area (Å²) in [5, 5.41) is 5.26. The van der Waals surface area contributed by atoms with Crippen LogP contribution >= 0.6 is 0 Å². The van der Waals surface area contributed by atoms with Gasteiger partial charge in [-0.3, -0.25) is 14.5 Å². The van der Waals surface area contributed by atoms with Gasteiger partial charge in [-0.15, -0.1) is 0 Å². The summed E-state index contributed by atoms with van der Waals surface area (Å²) in [6, 6.07) is -0.262. The van der Waals surface area contributed by atoms with E-state index in [0.29, 0.717) is 0 Å². The maximum Gasteiger partial charge on any atom is 0.325 e. The van der Waals surface area contributed by atoms with Gasteiger partial charge >= 0.3 is 6.03 Å². The summed E-state index contributed by atoms with van der Waals surface area (Å²) >= 11 is 0. The van der Waals surface area contributed by atoms with Crippen LogP contribution in [0.1, 0.15) is 26.7 Å². The third-order valence-corrected chi connectivity index (χ3v) is 2.69. The van der Waals surface area contributed by atoms with Crippen molar-refractivity contribution in [2.75, 3.05) is 6.54 Å². The Labute approximate surface area is 93.4 Å². The Hall–Kier alpha value is -1.59. The second kappa shape index (κ2) is 3.47. The number of imide groups is 1. The Morgan fingerprint density at radius 3 is 2.56 bits per heavy atom. The molecule has 88 valence electrons. The largest absolute Gasteiger partial charge is 0.352 e. The van der Waals surface area contributed by atoms with E-state index in [1.807, 2.05) is 0 Å². The first-order valence-corrected chi connectivity index (χ1v) is 5.33. The quantitative estimate of drug-likeness (QED) is 0.641. The molecule has 16 heavy (non-hydrogen) atoms. The second-order valence-electron chi connectivity index (χ2n) is 4.79. The number of hydrogen-bond acceptors (Lipinski definition) is 3. The molecule has 6 heteroatoms. The van der Waals surface area contributed by atoms with Gasteiger partial charge in [0.2, 0.25) is 5.91 Å². The van der Waals surface area contributed by atoms with Crippen molar-refractivity contribution in [3.05, 3.63) is 0 Å². The number of amides is 4. The van der Waals surface area contributed by atoms with E-state index in [1.165, 1.54) is 0 Å². The summed E-state index contributed by atoms with van der Waals surface area (Å²) in [5.74, 6) is -0.632. The van der Waals surface area contributed by atoms with Crippen molar-refractivity contribution in [3.63, 3.8) is 0 Å². The van der Waals surface area contributed by atoms with E-state index in [4.69, 9.17) is 0 Å². The summed E-state index contributed by atoms with van der Waals surface area (Å²) in [4.78, 5) is 35.6. The summed E-state index contributed by atoms with van der Waals surface area (Å²) in [7, 11) is 0. The highest BCUT2D eigenvalue weighted by Crippen LogP contribution is 2.19. The predicted molar refractivity (Wildman–Crippen MR) is 55.5 cm³/mol. The predicted octanol–water partition coefficient (Wildman–Crippen LogP) is -0.405. The van der Waals surface area contributed by atoms with Crippen molar-refractivity contribution in [1.82, 2.24) is 15.5 Å². The average Bonchev–Trinajstić information content (AvgIpc) is 2.92. The van der Waals surface area contributed by atoms with Crippen molar-refractivity contribution in [3.8, 4) is 0 Å². The Kier molecular flexibility index (Phi) is 2.36. The Bertz CT molecular complexity index is 360. The zero-order valence-corrected chi connectivity index (χ0v) is 9.37. The van der Waals surface area contributed by atoms with E-state index in [0.717, 1.165) is 17.7 Å². The molecular weight excluding hydrogens is 210 g/mol. The molecule has 0 bridgehead atoms. The van der Waals surface area contributed by atoms with Crippen molar-refractivity contribution >= 4 is 17.8 Å². The lowest BCUT2D eigenvalue weighted by Gasteiger charge is -2.15. The van der Waals surface area contributed by atoms with E-state index < -0.39 is 11.6 Å². The zero-order valence-electron chi connectivity index (χ0n) is 9.37. The van der Waals surface area contributed by atoms with Crippen molar-refractivity contribution < 1.29 is 14.4 Å². The summed E-state index contributed by atoms with van der Waals surface area (Å²) in [6.45, 7) is 3.04. The highest BCUT2D eigenvalue weighted by molar-refractivity contribution is 6.08. The Morgan fingerprint density at radius 1 is 1.50 bits per heavy atom.